The SMILES string of the molecule is CC(C)(c1ccccc1)N1C(=O)[C@H]2C=CC(c3ccccc3)=C[C@H]2[C@@H]1c1ccccc1. The fraction of sp³-hybridized carbons (Fsp3) is 0.207. The first-order chi connectivity index (χ1) is 15.1. The fourth-order valence-corrected chi connectivity index (χ4v) is 5.16. The van der Waals surface area contributed by atoms with Crippen LogP contribution in [0.25, 0.3) is 5.57 Å². The molecule has 0 unspecified atom stereocenters. The molecule has 3 atom stereocenters. The lowest BCUT2D eigenvalue weighted by molar-refractivity contribution is -0.136. The van der Waals surface area contributed by atoms with Gasteiger partial charge in [-0.1, -0.05) is 109 Å². The fourth-order valence-electron chi connectivity index (χ4n) is 5.16. The Labute approximate surface area is 184 Å². The molecule has 2 nitrogen and oxygen atoms in total. The Hall–Kier alpha value is -3.39. The van der Waals surface area contributed by atoms with Crippen molar-refractivity contribution < 1.29 is 4.79 Å². The molecule has 2 aliphatic rings. The van der Waals surface area contributed by atoms with Crippen molar-refractivity contribution in [2.24, 2.45) is 11.8 Å². The van der Waals surface area contributed by atoms with E-state index in [9.17, 15) is 4.79 Å². The van der Waals surface area contributed by atoms with Crippen LogP contribution in [0.4, 0.5) is 0 Å². The minimum atomic E-state index is -0.426. The van der Waals surface area contributed by atoms with Crippen molar-refractivity contribution in [3.8, 4) is 0 Å². The van der Waals surface area contributed by atoms with Gasteiger partial charge in [-0.15, -0.1) is 0 Å². The van der Waals surface area contributed by atoms with Gasteiger partial charge in [0.1, 0.15) is 0 Å². The molecule has 3 aromatic carbocycles. The van der Waals surface area contributed by atoms with E-state index in [0.717, 1.165) is 5.56 Å². The van der Waals surface area contributed by atoms with Gasteiger partial charge in [0.25, 0.3) is 0 Å². The van der Waals surface area contributed by atoms with Gasteiger partial charge in [-0.05, 0) is 36.1 Å². The van der Waals surface area contributed by atoms with E-state index in [2.05, 4.69) is 110 Å². The first-order valence-corrected chi connectivity index (χ1v) is 11.0. The molecule has 31 heavy (non-hydrogen) atoms. The average molecular weight is 406 g/mol. The topological polar surface area (TPSA) is 20.3 Å². The first-order valence-electron chi connectivity index (χ1n) is 11.0. The van der Waals surface area contributed by atoms with Crippen molar-refractivity contribution in [1.29, 1.82) is 0 Å². The van der Waals surface area contributed by atoms with Crippen molar-refractivity contribution in [1.82, 2.24) is 4.90 Å². The normalized spacial score (nSPS) is 22.9. The maximum atomic E-state index is 13.8. The quantitative estimate of drug-likeness (QED) is 0.492. The van der Waals surface area contributed by atoms with Gasteiger partial charge < -0.3 is 4.90 Å². The van der Waals surface area contributed by atoms with Gasteiger partial charge in [-0.25, -0.2) is 0 Å². The van der Waals surface area contributed by atoms with E-state index in [1.165, 1.54) is 16.7 Å². The predicted octanol–water partition coefficient (Wildman–Crippen LogP) is 6.39. The summed E-state index contributed by atoms with van der Waals surface area (Å²) in [6.07, 6.45) is 6.55. The molecule has 1 fully saturated rings. The van der Waals surface area contributed by atoms with Crippen LogP contribution in [0.15, 0.2) is 109 Å². The summed E-state index contributed by atoms with van der Waals surface area (Å²) in [5, 5.41) is 0. The van der Waals surface area contributed by atoms with Crippen molar-refractivity contribution in [3.63, 3.8) is 0 Å². The van der Waals surface area contributed by atoms with Gasteiger partial charge >= 0.3 is 0 Å². The van der Waals surface area contributed by atoms with E-state index in [0.29, 0.717) is 0 Å². The summed E-state index contributed by atoms with van der Waals surface area (Å²) >= 11 is 0. The molecule has 0 spiro atoms. The zero-order valence-corrected chi connectivity index (χ0v) is 18.0. The van der Waals surface area contributed by atoms with E-state index in [4.69, 9.17) is 0 Å². The molecular weight excluding hydrogens is 378 g/mol. The monoisotopic (exact) mass is 405 g/mol. The van der Waals surface area contributed by atoms with Crippen LogP contribution in [0.5, 0.6) is 0 Å². The minimum Gasteiger partial charge on any atom is -0.325 e. The lowest BCUT2D eigenvalue weighted by atomic mass is 9.80. The molecule has 2 heteroatoms. The van der Waals surface area contributed by atoms with Gasteiger partial charge in [-0.3, -0.25) is 4.79 Å². The van der Waals surface area contributed by atoms with Crippen molar-refractivity contribution in [2.75, 3.05) is 0 Å². The lowest BCUT2D eigenvalue weighted by Crippen LogP contribution is -2.44. The molecule has 3 aromatic rings. The highest BCUT2D eigenvalue weighted by atomic mass is 16.2. The van der Waals surface area contributed by atoms with Crippen LogP contribution in [-0.2, 0) is 10.3 Å². The first kappa shape index (κ1) is 19.6. The molecule has 0 radical (unpaired) electrons. The lowest BCUT2D eigenvalue weighted by Gasteiger charge is -2.41. The van der Waals surface area contributed by atoms with Gasteiger partial charge in [0.05, 0.1) is 17.5 Å². The van der Waals surface area contributed by atoms with Gasteiger partial charge in [0.15, 0.2) is 0 Å². The number of benzene rings is 3. The number of nitrogens with zero attached hydrogens (tertiary/aromatic N) is 1. The van der Waals surface area contributed by atoms with Crippen LogP contribution in [0.1, 0.15) is 36.6 Å². The highest BCUT2D eigenvalue weighted by Crippen LogP contribution is 2.51. The Morgan fingerprint density at radius 3 is 2.00 bits per heavy atom. The Bertz CT molecular complexity index is 1130. The van der Waals surface area contributed by atoms with Crippen LogP contribution >= 0.6 is 0 Å². The zero-order valence-electron chi connectivity index (χ0n) is 18.0. The zero-order chi connectivity index (χ0) is 21.4. The van der Waals surface area contributed by atoms with Gasteiger partial charge in [0.2, 0.25) is 5.91 Å². The van der Waals surface area contributed by atoms with Gasteiger partial charge in [0, 0.05) is 5.92 Å². The van der Waals surface area contributed by atoms with Crippen molar-refractivity contribution in [3.05, 3.63) is 126 Å². The standard InChI is InChI=1S/C29H27NO/c1-29(2,24-16-10-5-11-17-24)30-27(22-14-8-4-9-15-22)26-20-23(18-19-25(26)28(30)31)21-12-6-3-7-13-21/h3-20,25-27H,1-2H3/t25-,26+,27-/m0/s1. The van der Waals surface area contributed by atoms with Crippen molar-refractivity contribution >= 4 is 11.5 Å². The summed E-state index contributed by atoms with van der Waals surface area (Å²) in [6.45, 7) is 4.33. The third-order valence-electron chi connectivity index (χ3n) is 6.77. The number of carbonyl (C=O) groups excluding carboxylic acids is 1. The molecule has 5 rings (SSSR count). The smallest absolute Gasteiger partial charge is 0.231 e. The number of amides is 1. The number of allylic oxidation sites excluding steroid dienone is 2. The Morgan fingerprint density at radius 2 is 1.35 bits per heavy atom. The molecule has 154 valence electrons. The van der Waals surface area contributed by atoms with Crippen LogP contribution in [0.2, 0.25) is 0 Å². The summed E-state index contributed by atoms with van der Waals surface area (Å²) in [7, 11) is 0. The maximum absolute atomic E-state index is 13.8. The summed E-state index contributed by atoms with van der Waals surface area (Å²) in [6, 6.07) is 31.3. The van der Waals surface area contributed by atoms with Crippen molar-refractivity contribution in [2.45, 2.75) is 25.4 Å². The van der Waals surface area contributed by atoms with Crippen LogP contribution < -0.4 is 0 Å². The van der Waals surface area contributed by atoms with E-state index in [1.807, 2.05) is 18.2 Å². The second-order valence-electron chi connectivity index (χ2n) is 8.94. The maximum Gasteiger partial charge on any atom is 0.231 e. The number of carbonyl (C=O) groups is 1. The largest absolute Gasteiger partial charge is 0.325 e. The molecule has 1 aliphatic heterocycles. The highest BCUT2D eigenvalue weighted by molar-refractivity contribution is 5.89. The third-order valence-corrected chi connectivity index (χ3v) is 6.77. The molecule has 1 saturated heterocycles. The predicted molar refractivity (Wildman–Crippen MR) is 126 cm³/mol. The third kappa shape index (κ3) is 3.33. The molecule has 0 saturated carbocycles. The number of hydrogen-bond donors (Lipinski definition) is 0. The molecule has 0 N–H and O–H groups in total. The van der Waals surface area contributed by atoms with E-state index >= 15 is 0 Å². The average Bonchev–Trinajstić information content (AvgIpc) is 3.13. The van der Waals surface area contributed by atoms with E-state index in [-0.39, 0.29) is 23.8 Å². The Balaban J connectivity index is 1.64. The summed E-state index contributed by atoms with van der Waals surface area (Å²) < 4.78 is 0. The number of likely N-dealkylation sites (tertiary alicyclic amines) is 1. The van der Waals surface area contributed by atoms with Crippen LogP contribution in [0, 0.1) is 11.8 Å². The molecule has 0 bridgehead atoms. The number of fused-ring (bicyclic) bond motifs is 1. The summed E-state index contributed by atoms with van der Waals surface area (Å²) in [5.74, 6) is 0.158. The molecule has 0 aromatic heterocycles. The van der Waals surface area contributed by atoms with E-state index < -0.39 is 5.54 Å². The highest BCUT2D eigenvalue weighted by Gasteiger charge is 2.52. The number of hydrogen-bond acceptors (Lipinski definition) is 1. The van der Waals surface area contributed by atoms with Crippen LogP contribution in [0.3, 0.4) is 0 Å². The van der Waals surface area contributed by atoms with Gasteiger partial charge in [-0.2, -0.15) is 0 Å². The molecule has 1 amide bonds. The van der Waals surface area contributed by atoms with E-state index in [1.54, 1.807) is 0 Å². The molecule has 1 heterocycles. The Morgan fingerprint density at radius 1 is 0.774 bits per heavy atom. The molecule has 1 aliphatic carbocycles. The second-order valence-corrected chi connectivity index (χ2v) is 8.94. The number of rotatable bonds is 4. The summed E-state index contributed by atoms with van der Waals surface area (Å²) in [5.41, 5.74) is 4.29. The Kier molecular flexibility index (Phi) is 4.86. The minimum absolute atomic E-state index is 0.0161. The summed E-state index contributed by atoms with van der Waals surface area (Å²) in [4.78, 5) is 16.0. The van der Waals surface area contributed by atoms with Crippen LogP contribution in [-0.4, -0.2) is 10.8 Å². The molecular formula is C29H27NO. The second kappa shape index (κ2) is 7.70.